The third kappa shape index (κ3) is 2.43. The lowest BCUT2D eigenvalue weighted by molar-refractivity contribution is 0.0504. The first kappa shape index (κ1) is 13.1. The van der Waals surface area contributed by atoms with Gasteiger partial charge < -0.3 is 0 Å². The highest BCUT2D eigenvalue weighted by molar-refractivity contribution is 6.02. The van der Waals surface area contributed by atoms with Gasteiger partial charge in [-0.05, 0) is 39.3 Å². The van der Waals surface area contributed by atoms with E-state index in [2.05, 4.69) is 21.8 Å². The Bertz CT molecular complexity index is 401. The van der Waals surface area contributed by atoms with Crippen LogP contribution in [0.15, 0.2) is 18.7 Å². The first-order chi connectivity index (χ1) is 8.68. The van der Waals surface area contributed by atoms with Crippen LogP contribution in [0, 0.1) is 0 Å². The van der Waals surface area contributed by atoms with E-state index in [-0.39, 0.29) is 5.78 Å². The molecule has 0 spiro atoms. The average molecular weight is 247 g/mol. The minimum Gasteiger partial charge on any atom is -0.292 e. The Morgan fingerprint density at radius 2 is 1.89 bits per heavy atom. The van der Waals surface area contributed by atoms with Gasteiger partial charge >= 0.3 is 0 Å². The van der Waals surface area contributed by atoms with Gasteiger partial charge in [-0.2, -0.15) is 0 Å². The molecule has 1 aromatic rings. The van der Waals surface area contributed by atoms with Gasteiger partial charge in [-0.15, -0.1) is 0 Å². The molecule has 1 aromatic heterocycles. The van der Waals surface area contributed by atoms with Crippen LogP contribution in [0.25, 0.3) is 0 Å². The highest BCUT2D eigenvalue weighted by atomic mass is 16.1. The van der Waals surface area contributed by atoms with E-state index in [0.29, 0.717) is 5.56 Å². The predicted octanol–water partition coefficient (Wildman–Crippen LogP) is 2.31. The second-order valence-corrected chi connectivity index (χ2v) is 5.13. The topological polar surface area (TPSA) is 46.1 Å². The molecule has 2 rings (SSSR count). The fraction of sp³-hybridized carbons (Fsp3) is 0.643. The Labute approximate surface area is 108 Å². The lowest BCUT2D eigenvalue weighted by Gasteiger charge is -2.41. The Morgan fingerprint density at radius 3 is 2.44 bits per heavy atom. The maximum Gasteiger partial charge on any atom is 0.185 e. The number of hydrogen-bond donors (Lipinski definition) is 0. The van der Waals surface area contributed by atoms with Crippen LogP contribution in [-0.2, 0) is 0 Å². The minimum atomic E-state index is -0.412. The first-order valence-corrected chi connectivity index (χ1v) is 6.73. The van der Waals surface area contributed by atoms with Crippen molar-refractivity contribution in [3.8, 4) is 0 Å². The number of likely N-dealkylation sites (tertiary alicyclic amines) is 1. The molecule has 2 heterocycles. The molecule has 1 aliphatic rings. The Balaban J connectivity index is 2.23. The van der Waals surface area contributed by atoms with Crippen LogP contribution in [-0.4, -0.2) is 39.3 Å². The summed E-state index contributed by atoms with van der Waals surface area (Å²) in [7, 11) is 0. The van der Waals surface area contributed by atoms with Crippen LogP contribution in [0.2, 0.25) is 0 Å². The summed E-state index contributed by atoms with van der Waals surface area (Å²) in [5.74, 6) is 0.146. The summed E-state index contributed by atoms with van der Waals surface area (Å²) in [4.78, 5) is 22.9. The quantitative estimate of drug-likeness (QED) is 0.766. The predicted molar refractivity (Wildman–Crippen MR) is 70.5 cm³/mol. The fourth-order valence-electron chi connectivity index (χ4n) is 2.64. The van der Waals surface area contributed by atoms with Crippen molar-refractivity contribution in [3.63, 3.8) is 0 Å². The molecule has 1 saturated heterocycles. The molecular formula is C14H21N3O. The molecule has 98 valence electrons. The molecule has 1 aliphatic heterocycles. The number of carbonyl (C=O) groups excluding carboxylic acids is 1. The maximum atomic E-state index is 12.7. The van der Waals surface area contributed by atoms with Gasteiger partial charge in [-0.1, -0.05) is 13.3 Å². The summed E-state index contributed by atoms with van der Waals surface area (Å²) in [6, 6.07) is 0. The summed E-state index contributed by atoms with van der Waals surface area (Å²) in [6.07, 6.45) is 9.17. The van der Waals surface area contributed by atoms with E-state index in [1.54, 1.807) is 12.4 Å². The highest BCUT2D eigenvalue weighted by Gasteiger charge is 2.38. The second-order valence-electron chi connectivity index (χ2n) is 5.13. The van der Waals surface area contributed by atoms with Crippen molar-refractivity contribution in [2.45, 2.75) is 45.1 Å². The van der Waals surface area contributed by atoms with Gasteiger partial charge in [-0.3, -0.25) is 9.69 Å². The standard InChI is InChI=1S/C14H21N3O/c1-3-14(2,17-7-5-4-6-8-17)13(18)12-9-15-11-16-10-12/h9-11H,3-8H2,1-2H3. The van der Waals surface area contributed by atoms with Crippen LogP contribution in [0.4, 0.5) is 0 Å². The number of ketones is 1. The van der Waals surface area contributed by atoms with Gasteiger partial charge in [-0.25, -0.2) is 9.97 Å². The van der Waals surface area contributed by atoms with E-state index >= 15 is 0 Å². The van der Waals surface area contributed by atoms with Crippen molar-refractivity contribution >= 4 is 5.78 Å². The van der Waals surface area contributed by atoms with Crippen LogP contribution in [0.3, 0.4) is 0 Å². The van der Waals surface area contributed by atoms with Crippen LogP contribution in [0.5, 0.6) is 0 Å². The van der Waals surface area contributed by atoms with Gasteiger partial charge in [0.15, 0.2) is 5.78 Å². The fourth-order valence-corrected chi connectivity index (χ4v) is 2.64. The van der Waals surface area contributed by atoms with Crippen LogP contribution >= 0.6 is 0 Å². The van der Waals surface area contributed by atoms with Crippen molar-refractivity contribution in [2.75, 3.05) is 13.1 Å². The Morgan fingerprint density at radius 1 is 1.28 bits per heavy atom. The van der Waals surface area contributed by atoms with E-state index in [1.807, 2.05) is 6.92 Å². The lowest BCUT2D eigenvalue weighted by Crippen LogP contribution is -2.53. The summed E-state index contributed by atoms with van der Waals surface area (Å²) in [5.41, 5.74) is 0.206. The number of hydrogen-bond acceptors (Lipinski definition) is 4. The molecule has 18 heavy (non-hydrogen) atoms. The molecule has 0 bridgehead atoms. The second kappa shape index (κ2) is 5.57. The first-order valence-electron chi connectivity index (χ1n) is 6.73. The number of carbonyl (C=O) groups is 1. The van der Waals surface area contributed by atoms with Gasteiger partial charge in [0.25, 0.3) is 0 Å². The molecule has 0 aliphatic carbocycles. The summed E-state index contributed by atoms with van der Waals surface area (Å²) < 4.78 is 0. The molecule has 1 fully saturated rings. The van der Waals surface area contributed by atoms with E-state index in [9.17, 15) is 4.79 Å². The summed E-state index contributed by atoms with van der Waals surface area (Å²) in [6.45, 7) is 6.16. The molecule has 0 radical (unpaired) electrons. The van der Waals surface area contributed by atoms with Crippen molar-refractivity contribution in [1.29, 1.82) is 0 Å². The maximum absolute atomic E-state index is 12.7. The largest absolute Gasteiger partial charge is 0.292 e. The third-order valence-electron chi connectivity index (χ3n) is 4.05. The Kier molecular flexibility index (Phi) is 4.07. The molecule has 0 N–H and O–H groups in total. The van der Waals surface area contributed by atoms with E-state index < -0.39 is 5.54 Å². The summed E-state index contributed by atoms with van der Waals surface area (Å²) >= 11 is 0. The molecule has 1 unspecified atom stereocenters. The van der Waals surface area contributed by atoms with E-state index in [4.69, 9.17) is 0 Å². The van der Waals surface area contributed by atoms with Gasteiger partial charge in [0, 0.05) is 12.4 Å². The van der Waals surface area contributed by atoms with Crippen molar-refractivity contribution in [3.05, 3.63) is 24.3 Å². The zero-order valence-corrected chi connectivity index (χ0v) is 11.2. The van der Waals surface area contributed by atoms with Crippen LogP contribution < -0.4 is 0 Å². The third-order valence-corrected chi connectivity index (χ3v) is 4.05. The zero-order valence-electron chi connectivity index (χ0n) is 11.2. The molecule has 4 nitrogen and oxygen atoms in total. The smallest absolute Gasteiger partial charge is 0.185 e. The molecule has 0 amide bonds. The number of nitrogens with zero attached hydrogens (tertiary/aromatic N) is 3. The number of piperidine rings is 1. The number of rotatable bonds is 4. The average Bonchev–Trinajstić information content (AvgIpc) is 2.47. The Hall–Kier alpha value is -1.29. The van der Waals surface area contributed by atoms with Crippen LogP contribution in [0.1, 0.15) is 49.9 Å². The molecule has 0 saturated carbocycles. The van der Waals surface area contributed by atoms with Gasteiger partial charge in [0.05, 0.1) is 11.1 Å². The normalized spacial score (nSPS) is 20.3. The zero-order chi connectivity index (χ0) is 13.0. The molecule has 1 atom stereocenters. The van der Waals surface area contributed by atoms with E-state index in [0.717, 1.165) is 19.5 Å². The van der Waals surface area contributed by atoms with Crippen molar-refractivity contribution in [1.82, 2.24) is 14.9 Å². The minimum absolute atomic E-state index is 0.146. The van der Waals surface area contributed by atoms with Crippen molar-refractivity contribution < 1.29 is 4.79 Å². The van der Waals surface area contributed by atoms with Crippen molar-refractivity contribution in [2.24, 2.45) is 0 Å². The number of aromatic nitrogens is 2. The lowest BCUT2D eigenvalue weighted by atomic mass is 9.86. The van der Waals surface area contributed by atoms with Gasteiger partial charge in [0.1, 0.15) is 6.33 Å². The molecular weight excluding hydrogens is 226 g/mol. The number of Topliss-reactive ketones (excluding diaryl/α,β-unsaturated/α-hetero) is 1. The summed E-state index contributed by atoms with van der Waals surface area (Å²) in [5, 5.41) is 0. The molecule has 0 aromatic carbocycles. The monoisotopic (exact) mass is 247 g/mol. The van der Waals surface area contributed by atoms with Gasteiger partial charge in [0.2, 0.25) is 0 Å². The molecule has 4 heteroatoms. The highest BCUT2D eigenvalue weighted by Crippen LogP contribution is 2.27. The SMILES string of the molecule is CCC(C)(C(=O)c1cncnc1)N1CCCCC1. The van der Waals surface area contributed by atoms with E-state index in [1.165, 1.54) is 25.6 Å².